The molecule has 31 heavy (non-hydrogen) atoms. The number of fused-ring (bicyclic) bond motifs is 1. The summed E-state index contributed by atoms with van der Waals surface area (Å²) >= 11 is 0. The van der Waals surface area contributed by atoms with Crippen LogP contribution in [0.15, 0.2) is 59.2 Å². The smallest absolute Gasteiger partial charge is 0.223 e. The molecule has 0 spiro atoms. The summed E-state index contributed by atoms with van der Waals surface area (Å²) in [6.07, 6.45) is 1.83. The van der Waals surface area contributed by atoms with E-state index in [1.807, 2.05) is 42.2 Å². The minimum atomic E-state index is -0.902. The highest BCUT2D eigenvalue weighted by atomic mass is 19.1. The highest BCUT2D eigenvalue weighted by molar-refractivity contribution is 5.80. The number of carbonyl (C=O) groups excluding carboxylic acids is 1. The maximum atomic E-state index is 14.3. The molecule has 2 aromatic carbocycles. The summed E-state index contributed by atoms with van der Waals surface area (Å²) in [7, 11) is 0. The van der Waals surface area contributed by atoms with Gasteiger partial charge in [-0.05, 0) is 30.2 Å². The molecule has 3 aromatic rings. The van der Waals surface area contributed by atoms with Crippen LogP contribution in [0.1, 0.15) is 29.1 Å². The summed E-state index contributed by atoms with van der Waals surface area (Å²) in [4.78, 5) is 19.6. The molecule has 1 amide bonds. The number of carbonyl (C=O) groups is 1. The van der Waals surface area contributed by atoms with Crippen LogP contribution in [0, 0.1) is 24.5 Å². The van der Waals surface area contributed by atoms with Crippen LogP contribution in [0.3, 0.4) is 0 Å². The van der Waals surface area contributed by atoms with Crippen molar-refractivity contribution in [3.8, 4) is 0 Å². The maximum Gasteiger partial charge on any atom is 0.223 e. The van der Waals surface area contributed by atoms with Gasteiger partial charge in [-0.15, -0.1) is 0 Å². The van der Waals surface area contributed by atoms with E-state index in [-0.39, 0.29) is 24.3 Å². The second-order valence-electron chi connectivity index (χ2n) is 8.54. The number of halogens is 2. The van der Waals surface area contributed by atoms with Crippen molar-refractivity contribution in [2.45, 2.75) is 31.3 Å². The number of aryl methyl sites for hydroxylation is 1. The summed E-state index contributed by atoms with van der Waals surface area (Å²) in [5, 5.41) is 2.10. The third-order valence-corrected chi connectivity index (χ3v) is 6.66. The molecular formula is C24H24F2N3O2+. The van der Waals surface area contributed by atoms with E-state index in [9.17, 15) is 13.6 Å². The lowest BCUT2D eigenvalue weighted by atomic mass is 9.65. The standard InChI is InChI=1S/C24H23F2N3O2/c1-15-13-31-23(28-15)24(17-7-18(25)9-19(26)8-17)14-27-11-21-20(24)10-22(30)29(21)12-16-5-3-2-4-6-16/h2-9,13,20-21,27H,10-12,14H2,1H3/p+1. The first-order valence-corrected chi connectivity index (χ1v) is 10.5. The van der Waals surface area contributed by atoms with Crippen molar-refractivity contribution >= 4 is 5.91 Å². The molecule has 3 heterocycles. The van der Waals surface area contributed by atoms with E-state index in [0.29, 0.717) is 30.2 Å². The average molecular weight is 424 g/mol. The van der Waals surface area contributed by atoms with E-state index in [0.717, 1.165) is 18.2 Å². The molecule has 5 rings (SSSR count). The molecule has 5 nitrogen and oxygen atoms in total. The van der Waals surface area contributed by atoms with Gasteiger partial charge in [-0.2, -0.15) is 0 Å². The number of nitrogens with two attached hydrogens (primary N) is 1. The van der Waals surface area contributed by atoms with Crippen molar-refractivity contribution in [1.29, 1.82) is 0 Å². The Labute approximate surface area is 179 Å². The van der Waals surface area contributed by atoms with Gasteiger partial charge in [-0.25, -0.2) is 13.8 Å². The van der Waals surface area contributed by atoms with E-state index in [4.69, 9.17) is 4.42 Å². The van der Waals surface area contributed by atoms with E-state index < -0.39 is 17.0 Å². The van der Waals surface area contributed by atoms with Crippen molar-refractivity contribution in [2.75, 3.05) is 13.1 Å². The maximum absolute atomic E-state index is 14.3. The second kappa shape index (κ2) is 7.57. The minimum Gasteiger partial charge on any atom is -0.447 e. The zero-order chi connectivity index (χ0) is 21.6. The number of oxazole rings is 1. The van der Waals surface area contributed by atoms with Gasteiger partial charge in [0.25, 0.3) is 0 Å². The molecule has 3 atom stereocenters. The first kappa shape index (κ1) is 19.9. The van der Waals surface area contributed by atoms with Crippen LogP contribution in [0.2, 0.25) is 0 Å². The number of amides is 1. The lowest BCUT2D eigenvalue weighted by Crippen LogP contribution is -2.94. The van der Waals surface area contributed by atoms with Crippen LogP contribution < -0.4 is 5.32 Å². The Kier molecular flexibility index (Phi) is 4.85. The minimum absolute atomic E-state index is 0.0404. The number of likely N-dealkylation sites (tertiary alicyclic amines) is 1. The molecule has 0 aliphatic carbocycles. The zero-order valence-corrected chi connectivity index (χ0v) is 17.2. The third kappa shape index (κ3) is 3.33. The number of piperidine rings is 1. The van der Waals surface area contributed by atoms with Crippen LogP contribution in [0.5, 0.6) is 0 Å². The van der Waals surface area contributed by atoms with Crippen molar-refractivity contribution in [2.24, 2.45) is 5.92 Å². The fourth-order valence-electron chi connectivity index (χ4n) is 5.33. The Balaban J connectivity index is 1.61. The highest BCUT2D eigenvalue weighted by Crippen LogP contribution is 2.47. The predicted molar refractivity (Wildman–Crippen MR) is 109 cm³/mol. The van der Waals surface area contributed by atoms with E-state index in [1.54, 1.807) is 6.26 Å². The third-order valence-electron chi connectivity index (χ3n) is 6.66. The first-order valence-electron chi connectivity index (χ1n) is 10.5. The first-order chi connectivity index (χ1) is 15.0. The number of quaternary nitrogens is 1. The monoisotopic (exact) mass is 424 g/mol. The molecule has 1 aromatic heterocycles. The molecule has 2 fully saturated rings. The number of hydrogen-bond acceptors (Lipinski definition) is 3. The zero-order valence-electron chi connectivity index (χ0n) is 17.2. The van der Waals surface area contributed by atoms with Crippen molar-refractivity contribution in [3.63, 3.8) is 0 Å². The van der Waals surface area contributed by atoms with Crippen molar-refractivity contribution in [3.05, 3.63) is 89.1 Å². The molecule has 0 radical (unpaired) electrons. The van der Waals surface area contributed by atoms with Gasteiger partial charge in [0.1, 0.15) is 23.3 Å². The SMILES string of the molecule is Cc1coc(C2(c3cc(F)cc(F)c3)C[NH2+]CC3C2CC(=O)N3Cc2ccccc2)n1. The van der Waals surface area contributed by atoms with Crippen LogP contribution in [-0.4, -0.2) is 34.9 Å². The van der Waals surface area contributed by atoms with Crippen molar-refractivity contribution in [1.82, 2.24) is 9.88 Å². The molecule has 2 aliphatic rings. The Bertz CT molecular complexity index is 1100. The van der Waals surface area contributed by atoms with Gasteiger partial charge in [0, 0.05) is 24.9 Å². The van der Waals surface area contributed by atoms with Gasteiger partial charge in [0.2, 0.25) is 11.8 Å². The Morgan fingerprint density at radius 3 is 2.61 bits per heavy atom. The normalized spacial score (nSPS) is 25.6. The van der Waals surface area contributed by atoms with Gasteiger partial charge in [-0.3, -0.25) is 4.79 Å². The second-order valence-corrected chi connectivity index (χ2v) is 8.54. The molecule has 0 saturated carbocycles. The largest absolute Gasteiger partial charge is 0.447 e. The topological polar surface area (TPSA) is 63.0 Å². The van der Waals surface area contributed by atoms with Crippen molar-refractivity contribution < 1.29 is 23.3 Å². The fraction of sp³-hybridized carbons (Fsp3) is 0.333. The van der Waals surface area contributed by atoms with Gasteiger partial charge >= 0.3 is 0 Å². The Hall–Kier alpha value is -3.06. The highest BCUT2D eigenvalue weighted by Gasteiger charge is 2.59. The lowest BCUT2D eigenvalue weighted by molar-refractivity contribution is -0.677. The summed E-state index contributed by atoms with van der Waals surface area (Å²) in [6, 6.07) is 13.3. The molecular weight excluding hydrogens is 400 g/mol. The molecule has 160 valence electrons. The number of nitrogens with zero attached hydrogens (tertiary/aromatic N) is 2. The molecule has 0 bridgehead atoms. The van der Waals surface area contributed by atoms with Crippen LogP contribution in [-0.2, 0) is 16.8 Å². The summed E-state index contributed by atoms with van der Waals surface area (Å²) in [6.45, 7) is 3.55. The van der Waals surface area contributed by atoms with Gasteiger partial charge in [-0.1, -0.05) is 30.3 Å². The van der Waals surface area contributed by atoms with Crippen LogP contribution in [0.4, 0.5) is 8.78 Å². The number of hydrogen-bond donors (Lipinski definition) is 1. The Morgan fingerprint density at radius 1 is 1.19 bits per heavy atom. The molecule has 2 N–H and O–H groups in total. The Morgan fingerprint density at radius 2 is 1.94 bits per heavy atom. The van der Waals surface area contributed by atoms with E-state index in [1.165, 1.54) is 12.1 Å². The van der Waals surface area contributed by atoms with Crippen LogP contribution >= 0.6 is 0 Å². The summed E-state index contributed by atoms with van der Waals surface area (Å²) in [5.41, 5.74) is 1.31. The van der Waals surface area contributed by atoms with Gasteiger partial charge in [0.05, 0.1) is 24.8 Å². The molecule has 2 saturated heterocycles. The number of benzene rings is 2. The number of rotatable bonds is 4. The predicted octanol–water partition coefficient (Wildman–Crippen LogP) is 2.54. The average Bonchev–Trinajstić information content (AvgIpc) is 3.32. The summed E-state index contributed by atoms with van der Waals surface area (Å²) < 4.78 is 34.4. The van der Waals surface area contributed by atoms with Gasteiger partial charge < -0.3 is 14.6 Å². The van der Waals surface area contributed by atoms with E-state index in [2.05, 4.69) is 10.3 Å². The van der Waals surface area contributed by atoms with E-state index >= 15 is 0 Å². The van der Waals surface area contributed by atoms with Crippen LogP contribution in [0.25, 0.3) is 0 Å². The molecule has 2 aliphatic heterocycles. The molecule has 7 heteroatoms. The van der Waals surface area contributed by atoms with Gasteiger partial charge in [0.15, 0.2) is 0 Å². The lowest BCUT2D eigenvalue weighted by Gasteiger charge is -2.42. The fourth-order valence-corrected chi connectivity index (χ4v) is 5.33. The number of aromatic nitrogens is 1. The molecule has 3 unspecified atom stereocenters. The summed E-state index contributed by atoms with van der Waals surface area (Å²) in [5.74, 6) is -1.04. The quantitative estimate of drug-likeness (QED) is 0.700.